The molecule has 1 aromatic rings. The number of aliphatic hydroxyl groups is 1. The Morgan fingerprint density at radius 3 is 3.11 bits per heavy atom. The lowest BCUT2D eigenvalue weighted by Gasteiger charge is -2.37. The highest BCUT2D eigenvalue weighted by Gasteiger charge is 2.29. The van der Waals surface area contributed by atoms with Crippen LogP contribution in [0.5, 0.6) is 0 Å². The summed E-state index contributed by atoms with van der Waals surface area (Å²) in [6, 6.07) is 2.12. The summed E-state index contributed by atoms with van der Waals surface area (Å²) in [5, 5.41) is 10.5. The Hall–Kier alpha value is -1.31. The Morgan fingerprint density at radius 1 is 1.58 bits per heavy atom. The molecule has 1 aliphatic rings. The van der Waals surface area contributed by atoms with Gasteiger partial charge in [-0.25, -0.2) is 0 Å². The molecule has 2 heterocycles. The van der Waals surface area contributed by atoms with Crippen LogP contribution in [0, 0.1) is 17.8 Å². The van der Waals surface area contributed by atoms with Crippen LogP contribution in [0.25, 0.3) is 0 Å². The number of hydrogen-bond donors (Lipinski definition) is 1. The van der Waals surface area contributed by atoms with Crippen LogP contribution >= 0.6 is 11.3 Å². The first-order valence-electron chi connectivity index (χ1n) is 6.62. The van der Waals surface area contributed by atoms with Crippen molar-refractivity contribution in [3.05, 3.63) is 21.9 Å². The number of carbonyl (C=O) groups is 1. The number of amides is 1. The van der Waals surface area contributed by atoms with Gasteiger partial charge in [0.15, 0.2) is 0 Å². The second-order valence-electron chi connectivity index (χ2n) is 5.02. The Balaban J connectivity index is 2.12. The molecule has 102 valence electrons. The van der Waals surface area contributed by atoms with Gasteiger partial charge in [-0.3, -0.25) is 4.79 Å². The van der Waals surface area contributed by atoms with Gasteiger partial charge in [-0.1, -0.05) is 18.8 Å². The molecular formula is C15H19NO2S. The number of piperidine rings is 1. The standard InChI is InChI=1S/C15H19NO2S/c1-11-5-3-7-16(12(11)2)15(18)13-9-14(19-10-13)6-4-8-17/h9-12,17H,3,5,7-8H2,1-2H3. The summed E-state index contributed by atoms with van der Waals surface area (Å²) in [4.78, 5) is 15.3. The normalized spacial score (nSPS) is 22.8. The number of likely N-dealkylation sites (tertiary alicyclic amines) is 1. The van der Waals surface area contributed by atoms with Crippen molar-refractivity contribution in [2.45, 2.75) is 32.7 Å². The lowest BCUT2D eigenvalue weighted by atomic mass is 9.91. The first kappa shape index (κ1) is 14.1. The quantitative estimate of drug-likeness (QED) is 0.801. The molecule has 2 unspecified atom stereocenters. The zero-order chi connectivity index (χ0) is 13.8. The highest BCUT2D eigenvalue weighted by molar-refractivity contribution is 7.10. The second kappa shape index (κ2) is 6.23. The Morgan fingerprint density at radius 2 is 2.37 bits per heavy atom. The largest absolute Gasteiger partial charge is 0.384 e. The molecule has 0 bridgehead atoms. The second-order valence-corrected chi connectivity index (χ2v) is 5.93. The first-order valence-corrected chi connectivity index (χ1v) is 7.50. The van der Waals surface area contributed by atoms with E-state index in [1.165, 1.54) is 17.8 Å². The topological polar surface area (TPSA) is 40.5 Å². The van der Waals surface area contributed by atoms with Gasteiger partial charge < -0.3 is 10.0 Å². The number of rotatable bonds is 1. The molecule has 0 aliphatic carbocycles. The smallest absolute Gasteiger partial charge is 0.254 e. The third-order valence-corrected chi connectivity index (χ3v) is 4.62. The predicted octanol–water partition coefficient (Wildman–Crippen LogP) is 2.35. The highest BCUT2D eigenvalue weighted by atomic mass is 32.1. The average molecular weight is 277 g/mol. The summed E-state index contributed by atoms with van der Waals surface area (Å²) in [7, 11) is 0. The molecule has 0 radical (unpaired) electrons. The molecule has 1 fully saturated rings. The van der Waals surface area contributed by atoms with Crippen molar-refractivity contribution in [1.82, 2.24) is 4.90 Å². The lowest BCUT2D eigenvalue weighted by Crippen LogP contribution is -2.45. The van der Waals surface area contributed by atoms with Crippen LogP contribution < -0.4 is 0 Å². The van der Waals surface area contributed by atoms with Crippen molar-refractivity contribution in [2.24, 2.45) is 5.92 Å². The summed E-state index contributed by atoms with van der Waals surface area (Å²) in [6.07, 6.45) is 2.28. The molecule has 2 atom stereocenters. The molecule has 1 N–H and O–H groups in total. The van der Waals surface area contributed by atoms with Gasteiger partial charge in [-0.15, -0.1) is 11.3 Å². The molecule has 1 saturated heterocycles. The lowest BCUT2D eigenvalue weighted by molar-refractivity contribution is 0.0551. The van der Waals surface area contributed by atoms with Crippen LogP contribution in [0.4, 0.5) is 0 Å². The van der Waals surface area contributed by atoms with Crippen LogP contribution in [0.1, 0.15) is 41.9 Å². The Labute approximate surface area is 118 Å². The monoisotopic (exact) mass is 277 g/mol. The molecule has 3 nitrogen and oxygen atoms in total. The van der Waals surface area contributed by atoms with Crippen LogP contribution in [0.3, 0.4) is 0 Å². The van der Waals surface area contributed by atoms with Crippen molar-refractivity contribution in [2.75, 3.05) is 13.2 Å². The maximum absolute atomic E-state index is 12.5. The van der Waals surface area contributed by atoms with E-state index in [9.17, 15) is 4.79 Å². The number of carbonyl (C=O) groups excluding carboxylic acids is 1. The van der Waals surface area contributed by atoms with Crippen LogP contribution in [0.2, 0.25) is 0 Å². The van der Waals surface area contributed by atoms with Crippen LogP contribution in [0.15, 0.2) is 11.4 Å². The summed E-state index contributed by atoms with van der Waals surface area (Å²) in [5.41, 5.74) is 0.716. The summed E-state index contributed by atoms with van der Waals surface area (Å²) >= 11 is 1.45. The van der Waals surface area contributed by atoms with Crippen molar-refractivity contribution >= 4 is 17.2 Å². The van der Waals surface area contributed by atoms with E-state index in [-0.39, 0.29) is 12.5 Å². The number of thiophene rings is 1. The number of hydrogen-bond acceptors (Lipinski definition) is 3. The SMILES string of the molecule is CC1CCCN(C(=O)c2csc(C#CCO)c2)C1C. The minimum atomic E-state index is -0.151. The fourth-order valence-corrected chi connectivity index (χ4v) is 3.18. The van der Waals surface area contributed by atoms with Gasteiger partial charge in [-0.2, -0.15) is 0 Å². The minimum Gasteiger partial charge on any atom is -0.384 e. The van der Waals surface area contributed by atoms with E-state index in [4.69, 9.17) is 5.11 Å². The fourth-order valence-electron chi connectivity index (χ4n) is 2.43. The Bertz CT molecular complexity index is 512. The van der Waals surface area contributed by atoms with Crippen molar-refractivity contribution in [3.63, 3.8) is 0 Å². The third kappa shape index (κ3) is 3.17. The number of nitrogens with zero attached hydrogens (tertiary/aromatic N) is 1. The summed E-state index contributed by atoms with van der Waals surface area (Å²) in [6.45, 7) is 5.02. The zero-order valence-electron chi connectivity index (χ0n) is 11.3. The molecule has 0 aromatic carbocycles. The molecule has 1 aliphatic heterocycles. The van der Waals surface area contributed by atoms with Gasteiger partial charge in [0.1, 0.15) is 6.61 Å². The molecule has 2 rings (SSSR count). The van der Waals surface area contributed by atoms with Gasteiger partial charge in [0.25, 0.3) is 5.91 Å². The predicted molar refractivity (Wildman–Crippen MR) is 77.2 cm³/mol. The van der Waals surface area contributed by atoms with E-state index >= 15 is 0 Å². The fraction of sp³-hybridized carbons (Fsp3) is 0.533. The van der Waals surface area contributed by atoms with Crippen molar-refractivity contribution in [3.8, 4) is 11.8 Å². The molecule has 0 spiro atoms. The van der Waals surface area contributed by atoms with E-state index in [1.54, 1.807) is 0 Å². The van der Waals surface area contributed by atoms with E-state index < -0.39 is 0 Å². The molecule has 1 amide bonds. The summed E-state index contributed by atoms with van der Waals surface area (Å²) in [5.74, 6) is 6.11. The van der Waals surface area contributed by atoms with Crippen molar-refractivity contribution < 1.29 is 9.90 Å². The molecule has 4 heteroatoms. The van der Waals surface area contributed by atoms with Gasteiger partial charge in [0, 0.05) is 18.0 Å². The zero-order valence-corrected chi connectivity index (χ0v) is 12.2. The van der Waals surface area contributed by atoms with Gasteiger partial charge in [-0.05, 0) is 31.7 Å². The van der Waals surface area contributed by atoms with Gasteiger partial charge >= 0.3 is 0 Å². The van der Waals surface area contributed by atoms with E-state index in [0.717, 1.165) is 17.8 Å². The Kier molecular flexibility index (Phi) is 4.62. The maximum Gasteiger partial charge on any atom is 0.254 e. The molecular weight excluding hydrogens is 258 g/mol. The first-order chi connectivity index (χ1) is 9.13. The average Bonchev–Trinajstić information content (AvgIpc) is 2.87. The van der Waals surface area contributed by atoms with Crippen LogP contribution in [-0.4, -0.2) is 35.1 Å². The minimum absolute atomic E-state index is 0.104. The van der Waals surface area contributed by atoms with Crippen LogP contribution in [-0.2, 0) is 0 Å². The van der Waals surface area contributed by atoms with Gasteiger partial charge in [0.2, 0.25) is 0 Å². The van der Waals surface area contributed by atoms with Crippen molar-refractivity contribution in [1.29, 1.82) is 0 Å². The van der Waals surface area contributed by atoms with E-state index in [1.807, 2.05) is 16.3 Å². The van der Waals surface area contributed by atoms with E-state index in [0.29, 0.717) is 17.5 Å². The number of aliphatic hydroxyl groups excluding tert-OH is 1. The van der Waals surface area contributed by atoms with Gasteiger partial charge in [0.05, 0.1) is 10.4 Å². The molecule has 1 aromatic heterocycles. The third-order valence-electron chi connectivity index (χ3n) is 3.77. The molecule has 0 saturated carbocycles. The van der Waals surface area contributed by atoms with E-state index in [2.05, 4.69) is 25.7 Å². The summed E-state index contributed by atoms with van der Waals surface area (Å²) < 4.78 is 0. The maximum atomic E-state index is 12.5. The molecule has 19 heavy (non-hydrogen) atoms. The highest BCUT2D eigenvalue weighted by Crippen LogP contribution is 2.25.